The van der Waals surface area contributed by atoms with Gasteiger partial charge in [-0.25, -0.2) is 4.79 Å². The van der Waals surface area contributed by atoms with Crippen LogP contribution in [0.2, 0.25) is 0 Å². The first-order valence-corrected chi connectivity index (χ1v) is 18.4. The minimum atomic E-state index is -0.626. The molecule has 4 aliphatic rings. The third kappa shape index (κ3) is 5.04. The Morgan fingerprint density at radius 3 is 1.36 bits per heavy atom. The van der Waals surface area contributed by atoms with Crippen molar-refractivity contribution in [2.45, 2.75) is 57.8 Å². The smallest absolute Gasteiger partial charge is 0.333 e. The molecule has 0 atom stereocenters. The van der Waals surface area contributed by atoms with Gasteiger partial charge in [0, 0.05) is 61.8 Å². The summed E-state index contributed by atoms with van der Waals surface area (Å²) in [4.78, 5) is 47.4. The summed E-state index contributed by atoms with van der Waals surface area (Å²) in [5, 5.41) is 4.89. The van der Waals surface area contributed by atoms with Gasteiger partial charge < -0.3 is 9.80 Å². The molecule has 4 aromatic carbocycles. The Morgan fingerprint density at radius 1 is 0.509 bits per heavy atom. The molecule has 0 bridgehead atoms. The van der Waals surface area contributed by atoms with Crippen LogP contribution >= 0.6 is 0 Å². The van der Waals surface area contributed by atoms with E-state index in [1.165, 1.54) is 58.1 Å². The van der Waals surface area contributed by atoms with Crippen molar-refractivity contribution >= 4 is 50.8 Å². The fraction of sp³-hybridized carbons (Fsp3) is 0.283. The highest BCUT2D eigenvalue weighted by Gasteiger charge is 2.43. The average Bonchev–Trinajstić information content (AvgIpc) is 3.48. The van der Waals surface area contributed by atoms with Crippen LogP contribution < -0.4 is 9.80 Å². The molecule has 0 radical (unpaired) electrons. The van der Waals surface area contributed by atoms with Crippen LogP contribution in [0.5, 0.6) is 0 Å². The Morgan fingerprint density at radius 2 is 0.925 bits per heavy atom. The lowest BCUT2D eigenvalue weighted by molar-refractivity contribution is -0.134. The van der Waals surface area contributed by atoms with Gasteiger partial charge in [0.15, 0.2) is 0 Å². The number of anilines is 2. The molecule has 8 rings (SSSR count). The number of carbonyl (C=O) groups excluding carboxylic acids is 3. The van der Waals surface area contributed by atoms with E-state index in [1.807, 2.05) is 0 Å². The second kappa shape index (κ2) is 12.2. The summed E-state index contributed by atoms with van der Waals surface area (Å²) in [7, 11) is 7.11. The maximum absolute atomic E-state index is 14.0. The van der Waals surface area contributed by atoms with Gasteiger partial charge in [-0.2, -0.15) is 0 Å². The minimum Gasteiger partial charge on any atom is -0.347 e. The normalized spacial score (nSPS) is 22.8. The highest BCUT2D eigenvalue weighted by atomic mass is 16.2. The minimum absolute atomic E-state index is 0.0465. The average molecular weight is 703 g/mol. The van der Waals surface area contributed by atoms with Gasteiger partial charge in [-0.3, -0.25) is 19.4 Å². The van der Waals surface area contributed by atoms with Crippen molar-refractivity contribution in [2.24, 2.45) is 0 Å². The molecule has 268 valence electrons. The van der Waals surface area contributed by atoms with Crippen molar-refractivity contribution in [1.82, 2.24) is 9.80 Å². The number of hydrogen-bond donors (Lipinski definition) is 0. The molecule has 1 saturated carbocycles. The largest absolute Gasteiger partial charge is 0.347 e. The van der Waals surface area contributed by atoms with E-state index >= 15 is 0 Å². The van der Waals surface area contributed by atoms with E-state index < -0.39 is 17.8 Å². The van der Waals surface area contributed by atoms with Crippen molar-refractivity contribution in [2.75, 3.05) is 38.0 Å². The molecule has 1 saturated heterocycles. The second-order valence-corrected chi connectivity index (χ2v) is 15.8. The monoisotopic (exact) mass is 702 g/mol. The first-order valence-electron chi connectivity index (χ1n) is 18.4. The van der Waals surface area contributed by atoms with Crippen LogP contribution in [0.4, 0.5) is 16.2 Å². The number of likely N-dealkylation sites (N-methyl/N-ethyl adjacent to an activating group) is 4. The predicted molar refractivity (Wildman–Crippen MR) is 215 cm³/mol. The van der Waals surface area contributed by atoms with Gasteiger partial charge in [-0.15, -0.1) is 0 Å². The number of amides is 4. The van der Waals surface area contributed by atoms with Crippen LogP contribution in [-0.2, 0) is 20.4 Å². The lowest BCUT2D eigenvalue weighted by Crippen LogP contribution is -2.53. The van der Waals surface area contributed by atoms with E-state index in [0.717, 1.165) is 38.8 Å². The number of rotatable bonds is 2. The molecule has 2 fully saturated rings. The molecule has 4 aromatic rings. The molecule has 0 unspecified atom stereocenters. The molecule has 7 heteroatoms. The van der Waals surface area contributed by atoms with Gasteiger partial charge in [0.05, 0.1) is 0 Å². The zero-order chi connectivity index (χ0) is 37.6. The number of benzene rings is 4. The van der Waals surface area contributed by atoms with E-state index in [9.17, 15) is 14.4 Å². The SMILES string of the molecule is CN1C(=O)C(=C2/C(=C/C=C3N(C)c4ccc5ccccc5c4C3(C)C)CCC/C2=C\C=C2\N(C)c3ccc4ccccc4c3C2(C)C)C(=O)N(C)C1=O. The summed E-state index contributed by atoms with van der Waals surface area (Å²) in [5.74, 6) is -1.14. The topological polar surface area (TPSA) is 64.2 Å². The summed E-state index contributed by atoms with van der Waals surface area (Å²) in [6.45, 7) is 9.03. The number of allylic oxidation sites excluding steroid dienone is 9. The van der Waals surface area contributed by atoms with Crippen LogP contribution in [-0.4, -0.2) is 55.8 Å². The van der Waals surface area contributed by atoms with E-state index in [1.54, 1.807) is 0 Å². The molecule has 3 heterocycles. The first kappa shape index (κ1) is 34.4. The van der Waals surface area contributed by atoms with Gasteiger partial charge in [-0.1, -0.05) is 101 Å². The number of nitrogens with zero attached hydrogens (tertiary/aromatic N) is 4. The third-order valence-electron chi connectivity index (χ3n) is 12.1. The second-order valence-electron chi connectivity index (χ2n) is 15.8. The van der Waals surface area contributed by atoms with Crippen molar-refractivity contribution in [3.63, 3.8) is 0 Å². The maximum Gasteiger partial charge on any atom is 0.333 e. The fourth-order valence-electron chi connectivity index (χ4n) is 9.37. The number of fused-ring (bicyclic) bond motifs is 6. The highest BCUT2D eigenvalue weighted by Crippen LogP contribution is 2.52. The fourth-order valence-corrected chi connectivity index (χ4v) is 9.37. The molecule has 4 amide bonds. The maximum atomic E-state index is 14.0. The molecule has 7 nitrogen and oxygen atoms in total. The molecular formula is C46H46N4O3. The Bertz CT molecular complexity index is 2290. The Hall–Kier alpha value is -5.69. The summed E-state index contributed by atoms with van der Waals surface area (Å²) < 4.78 is 0. The lowest BCUT2D eigenvalue weighted by Gasteiger charge is -2.33. The number of carbonyl (C=O) groups is 3. The Labute approximate surface area is 311 Å². The molecular weight excluding hydrogens is 657 g/mol. The number of imide groups is 2. The standard InChI is InChI=1S/C46H46N4O3/c1-45(2)36(47(5)34-24-20-28-14-9-11-18-32(28)40(34)45)26-22-30-16-13-17-31(38(30)39-42(51)49(7)44(53)50(8)43(39)52)23-27-37-46(3,4)41-33-19-12-10-15-29(33)21-25-35(41)48(37)6/h9-12,14-15,18-27H,13,16-17H2,1-8H3/b30-22+,31-23+,36-26+,37-27?. The molecule has 0 aromatic heterocycles. The zero-order valence-electron chi connectivity index (χ0n) is 31.9. The summed E-state index contributed by atoms with van der Waals surface area (Å²) >= 11 is 0. The predicted octanol–water partition coefficient (Wildman–Crippen LogP) is 9.30. The molecule has 3 aliphatic heterocycles. The van der Waals surface area contributed by atoms with Gasteiger partial charge >= 0.3 is 6.03 Å². The Balaban J connectivity index is 1.28. The molecule has 53 heavy (non-hydrogen) atoms. The van der Waals surface area contributed by atoms with E-state index in [-0.39, 0.29) is 16.4 Å². The van der Waals surface area contributed by atoms with Crippen LogP contribution in [0.15, 0.2) is 131 Å². The van der Waals surface area contributed by atoms with E-state index in [0.29, 0.717) is 18.4 Å². The van der Waals surface area contributed by atoms with Crippen molar-refractivity contribution in [3.05, 3.63) is 142 Å². The first-order chi connectivity index (χ1) is 25.2. The third-order valence-corrected chi connectivity index (χ3v) is 12.1. The van der Waals surface area contributed by atoms with Crippen LogP contribution in [0.3, 0.4) is 0 Å². The number of urea groups is 1. The summed E-state index contributed by atoms with van der Waals surface area (Å²) in [5.41, 5.74) is 9.09. The molecule has 0 N–H and O–H groups in total. The number of hydrogen-bond acceptors (Lipinski definition) is 5. The molecule has 1 aliphatic carbocycles. The van der Waals surface area contributed by atoms with Crippen molar-refractivity contribution in [1.29, 1.82) is 0 Å². The van der Waals surface area contributed by atoms with Crippen molar-refractivity contribution < 1.29 is 14.4 Å². The van der Waals surface area contributed by atoms with Gasteiger partial charge in [-0.05, 0) is 92.9 Å². The van der Waals surface area contributed by atoms with E-state index in [4.69, 9.17) is 0 Å². The van der Waals surface area contributed by atoms with Crippen LogP contribution in [0.1, 0.15) is 58.1 Å². The Kier molecular flexibility index (Phi) is 7.91. The molecule has 0 spiro atoms. The summed E-state index contributed by atoms with van der Waals surface area (Å²) in [6, 6.07) is 25.1. The lowest BCUT2D eigenvalue weighted by atomic mass is 9.78. The van der Waals surface area contributed by atoms with Crippen LogP contribution in [0.25, 0.3) is 21.5 Å². The van der Waals surface area contributed by atoms with Gasteiger partial charge in [0.2, 0.25) is 0 Å². The van der Waals surface area contributed by atoms with Gasteiger partial charge in [0.25, 0.3) is 11.8 Å². The van der Waals surface area contributed by atoms with Crippen molar-refractivity contribution in [3.8, 4) is 0 Å². The summed E-state index contributed by atoms with van der Waals surface area (Å²) in [6.07, 6.45) is 10.8. The van der Waals surface area contributed by atoms with Gasteiger partial charge in [0.1, 0.15) is 5.57 Å². The van der Waals surface area contributed by atoms with E-state index in [2.05, 4.69) is 149 Å². The van der Waals surface area contributed by atoms with Crippen LogP contribution in [0, 0.1) is 0 Å². The highest BCUT2D eigenvalue weighted by molar-refractivity contribution is 6.29. The number of barbiturate groups is 1. The zero-order valence-corrected chi connectivity index (χ0v) is 31.9. The quantitative estimate of drug-likeness (QED) is 0.154.